The van der Waals surface area contributed by atoms with Crippen molar-refractivity contribution in [3.63, 3.8) is 0 Å². The molecule has 248 valence electrons. The maximum absolute atomic E-state index is 12.1. The molecule has 0 bridgehead atoms. The molecule has 0 atom stereocenters. The third-order valence-electron chi connectivity index (χ3n) is 6.34. The van der Waals surface area contributed by atoms with Crippen LogP contribution in [-0.4, -0.2) is 62.2 Å². The number of nitrogens with zero attached hydrogens (tertiary/aromatic N) is 6. The Morgan fingerprint density at radius 1 is 1.13 bits per heavy atom. The number of anilines is 3. The summed E-state index contributed by atoms with van der Waals surface area (Å²) in [6.07, 6.45) is 1.16. The number of hydrogen-bond donors (Lipinski definition) is 3. The van der Waals surface area contributed by atoms with Gasteiger partial charge in [0.2, 0.25) is 15.9 Å². The van der Waals surface area contributed by atoms with Gasteiger partial charge in [-0.15, -0.1) is 10.2 Å². The van der Waals surface area contributed by atoms with E-state index in [2.05, 4.69) is 31.4 Å². The van der Waals surface area contributed by atoms with Crippen LogP contribution in [0.3, 0.4) is 0 Å². The second-order valence-corrected chi connectivity index (χ2v) is 15.4. The smallest absolute Gasteiger partial charge is 0.264 e. The standard InChI is InChI=1S/C28H34Cl2N8O6S2/c1-7-37(11-8-12-46(42,43)44)19-9-10-23(24(15-19)32-17(2)39)33-34-27-20(16-31)26(28(3,4)5)35-38(27)25-21(29)13-18(14-22(25)30)36-45(6,40)41/h9-10,13-15,36H,7-8,11-12H2,1-6H3,(H,32,39)(H,42,43,44). The number of nitrogens with one attached hydrogen (secondary N) is 2. The molecular weight excluding hydrogens is 679 g/mol. The number of nitriles is 1. The highest BCUT2D eigenvalue weighted by molar-refractivity contribution is 7.92. The molecule has 3 N–H and O–H groups in total. The Labute approximate surface area is 278 Å². The summed E-state index contributed by atoms with van der Waals surface area (Å²) >= 11 is 13.2. The summed E-state index contributed by atoms with van der Waals surface area (Å²) in [6, 6.07) is 9.78. The lowest BCUT2D eigenvalue weighted by atomic mass is 9.90. The van der Waals surface area contributed by atoms with Gasteiger partial charge in [-0.05, 0) is 43.7 Å². The van der Waals surface area contributed by atoms with Gasteiger partial charge in [0.15, 0.2) is 5.82 Å². The van der Waals surface area contributed by atoms with Gasteiger partial charge in [0.1, 0.15) is 23.0 Å². The third-order valence-corrected chi connectivity index (χ3v) is 8.32. The Morgan fingerprint density at radius 3 is 2.26 bits per heavy atom. The average Bonchev–Trinajstić information content (AvgIpc) is 3.26. The monoisotopic (exact) mass is 712 g/mol. The third kappa shape index (κ3) is 9.63. The Hall–Kier alpha value is -3.75. The summed E-state index contributed by atoms with van der Waals surface area (Å²) < 4.78 is 58.5. The minimum absolute atomic E-state index is 0.0134. The van der Waals surface area contributed by atoms with Crippen molar-refractivity contribution in [2.45, 2.75) is 46.5 Å². The van der Waals surface area contributed by atoms with Crippen LogP contribution < -0.4 is 14.9 Å². The van der Waals surface area contributed by atoms with E-state index in [4.69, 9.17) is 27.8 Å². The van der Waals surface area contributed by atoms with Crippen molar-refractivity contribution in [2.75, 3.05) is 40.0 Å². The number of rotatable bonds is 12. The Kier molecular flexibility index (Phi) is 11.5. The van der Waals surface area contributed by atoms with Crippen LogP contribution in [0.15, 0.2) is 40.6 Å². The SMILES string of the molecule is CCN(CCCS(=O)(=O)O)c1ccc(N=Nc2c(C#N)c(C(C)(C)C)nn2-c2c(Cl)cc(NS(C)(=O)=O)cc2Cl)c(NC(C)=O)c1. The summed E-state index contributed by atoms with van der Waals surface area (Å²) in [4.78, 5) is 14.0. The molecule has 3 aromatic rings. The van der Waals surface area contributed by atoms with E-state index in [-0.39, 0.29) is 56.5 Å². The fourth-order valence-corrected chi connectivity index (χ4v) is 6.12. The molecule has 0 fully saturated rings. The number of sulfonamides is 1. The quantitative estimate of drug-likeness (QED) is 0.144. The zero-order valence-electron chi connectivity index (χ0n) is 26.0. The van der Waals surface area contributed by atoms with Crippen LogP contribution in [-0.2, 0) is 30.4 Å². The van der Waals surface area contributed by atoms with Gasteiger partial charge in [0.05, 0.1) is 39.1 Å². The van der Waals surface area contributed by atoms with Crippen molar-refractivity contribution in [1.29, 1.82) is 5.26 Å². The maximum Gasteiger partial charge on any atom is 0.264 e. The minimum Gasteiger partial charge on any atom is -0.372 e. The zero-order chi connectivity index (χ0) is 34.6. The summed E-state index contributed by atoms with van der Waals surface area (Å²) in [7, 11) is -7.74. The number of carbonyl (C=O) groups excluding carboxylic acids is 1. The van der Waals surface area contributed by atoms with Crippen molar-refractivity contribution in [3.8, 4) is 11.8 Å². The number of hydrogen-bond acceptors (Lipinski definition) is 10. The Morgan fingerprint density at radius 2 is 1.76 bits per heavy atom. The molecule has 0 saturated carbocycles. The lowest BCUT2D eigenvalue weighted by Crippen LogP contribution is -2.25. The van der Waals surface area contributed by atoms with Gasteiger partial charge in [-0.1, -0.05) is 44.0 Å². The first-order valence-corrected chi connectivity index (χ1v) is 18.0. The highest BCUT2D eigenvalue weighted by atomic mass is 35.5. The summed E-state index contributed by atoms with van der Waals surface area (Å²) in [5.41, 5.74) is 1.25. The van der Waals surface area contributed by atoms with Crippen LogP contribution in [0.5, 0.6) is 0 Å². The molecule has 3 rings (SSSR count). The summed E-state index contributed by atoms with van der Waals surface area (Å²) in [6.45, 7) is 9.58. The fourth-order valence-electron chi connectivity index (χ4n) is 4.43. The van der Waals surface area contributed by atoms with Crippen molar-refractivity contribution < 1.29 is 26.2 Å². The van der Waals surface area contributed by atoms with Gasteiger partial charge < -0.3 is 10.2 Å². The van der Waals surface area contributed by atoms with E-state index in [9.17, 15) is 26.9 Å². The predicted octanol–water partition coefficient (Wildman–Crippen LogP) is 6.20. The van der Waals surface area contributed by atoms with Crippen LogP contribution in [0.2, 0.25) is 10.0 Å². The molecule has 1 amide bonds. The van der Waals surface area contributed by atoms with E-state index in [0.717, 1.165) is 6.26 Å². The molecule has 1 heterocycles. The maximum atomic E-state index is 12.1. The second-order valence-electron chi connectivity index (χ2n) is 11.3. The largest absolute Gasteiger partial charge is 0.372 e. The number of halogens is 2. The van der Waals surface area contributed by atoms with E-state index in [0.29, 0.717) is 24.5 Å². The Bertz CT molecular complexity index is 1910. The van der Waals surface area contributed by atoms with Gasteiger partial charge >= 0.3 is 0 Å². The number of benzene rings is 2. The average molecular weight is 714 g/mol. The fraction of sp³-hybridized carbons (Fsp3) is 0.393. The number of aromatic nitrogens is 2. The van der Waals surface area contributed by atoms with Gasteiger partial charge in [-0.2, -0.15) is 18.8 Å². The molecular formula is C28H34Cl2N8O6S2. The molecule has 1 aromatic heterocycles. The molecule has 0 radical (unpaired) electrons. The Balaban J connectivity index is 2.17. The number of azo groups is 1. The summed E-state index contributed by atoms with van der Waals surface area (Å²) in [5.74, 6) is -0.800. The number of amides is 1. The summed E-state index contributed by atoms with van der Waals surface area (Å²) in [5, 5.41) is 26.3. The van der Waals surface area contributed by atoms with Crippen LogP contribution in [0.25, 0.3) is 5.69 Å². The van der Waals surface area contributed by atoms with Crippen molar-refractivity contribution >= 4 is 77.8 Å². The molecule has 0 aliphatic carbocycles. The molecule has 0 unspecified atom stereocenters. The van der Waals surface area contributed by atoms with Gasteiger partial charge in [-0.3, -0.25) is 14.1 Å². The molecule has 0 aliphatic heterocycles. The molecule has 14 nitrogen and oxygen atoms in total. The highest BCUT2D eigenvalue weighted by Crippen LogP contribution is 2.40. The van der Waals surface area contributed by atoms with E-state index in [1.165, 1.54) is 23.7 Å². The first kappa shape index (κ1) is 36.7. The van der Waals surface area contributed by atoms with Crippen LogP contribution >= 0.6 is 23.2 Å². The lowest BCUT2D eigenvalue weighted by molar-refractivity contribution is -0.114. The molecule has 0 saturated heterocycles. The first-order valence-electron chi connectivity index (χ1n) is 13.8. The van der Waals surface area contributed by atoms with E-state index >= 15 is 0 Å². The van der Waals surface area contributed by atoms with Crippen LogP contribution in [0.1, 0.15) is 52.3 Å². The minimum atomic E-state index is -4.11. The van der Waals surface area contributed by atoms with E-state index in [1.807, 2.05) is 32.6 Å². The zero-order valence-corrected chi connectivity index (χ0v) is 29.1. The van der Waals surface area contributed by atoms with Crippen molar-refractivity contribution in [2.24, 2.45) is 10.2 Å². The molecule has 0 aliphatic rings. The van der Waals surface area contributed by atoms with Crippen LogP contribution in [0.4, 0.5) is 28.6 Å². The normalized spacial score (nSPS) is 12.3. The number of carbonyl (C=O) groups is 1. The van der Waals surface area contributed by atoms with Crippen LogP contribution in [0, 0.1) is 11.3 Å². The van der Waals surface area contributed by atoms with Gasteiger partial charge in [0.25, 0.3) is 10.1 Å². The molecule has 0 spiro atoms. The first-order chi connectivity index (χ1) is 21.2. The van der Waals surface area contributed by atoms with Crippen molar-refractivity contribution in [1.82, 2.24) is 9.78 Å². The molecule has 18 heteroatoms. The lowest BCUT2D eigenvalue weighted by Gasteiger charge is -2.24. The van der Waals surface area contributed by atoms with Crippen molar-refractivity contribution in [3.05, 3.63) is 51.6 Å². The predicted molar refractivity (Wildman–Crippen MR) is 179 cm³/mol. The van der Waals surface area contributed by atoms with Gasteiger partial charge in [0, 0.05) is 31.1 Å². The topological polar surface area (TPSA) is 199 Å². The molecule has 2 aromatic carbocycles. The van der Waals surface area contributed by atoms with E-state index < -0.39 is 31.3 Å². The molecule has 46 heavy (non-hydrogen) atoms. The highest BCUT2D eigenvalue weighted by Gasteiger charge is 2.29. The van der Waals surface area contributed by atoms with Gasteiger partial charge in [-0.25, -0.2) is 13.1 Å². The second kappa shape index (κ2) is 14.3. The van der Waals surface area contributed by atoms with E-state index in [1.54, 1.807) is 18.2 Å².